The molecule has 0 spiro atoms. The van der Waals surface area contributed by atoms with Crippen LogP contribution in [0.25, 0.3) is 0 Å². The summed E-state index contributed by atoms with van der Waals surface area (Å²) in [7, 11) is 1.80. The highest BCUT2D eigenvalue weighted by atomic mass is 16.5. The van der Waals surface area contributed by atoms with Gasteiger partial charge in [-0.15, -0.1) is 0 Å². The van der Waals surface area contributed by atoms with Crippen molar-refractivity contribution in [1.29, 1.82) is 0 Å². The van der Waals surface area contributed by atoms with Gasteiger partial charge in [0.15, 0.2) is 6.61 Å². The van der Waals surface area contributed by atoms with Crippen molar-refractivity contribution < 1.29 is 14.3 Å². The predicted molar refractivity (Wildman–Crippen MR) is 106 cm³/mol. The fourth-order valence-corrected chi connectivity index (χ4v) is 3.43. The summed E-state index contributed by atoms with van der Waals surface area (Å²) < 4.78 is 5.31. The monoisotopic (exact) mass is 366 g/mol. The van der Waals surface area contributed by atoms with Gasteiger partial charge < -0.3 is 15.0 Å². The van der Waals surface area contributed by atoms with Crippen LogP contribution in [0.2, 0.25) is 0 Å². The van der Waals surface area contributed by atoms with Crippen molar-refractivity contribution in [3.63, 3.8) is 0 Å². The second-order valence-corrected chi connectivity index (χ2v) is 6.91. The molecule has 0 bridgehead atoms. The number of esters is 1. The Hall–Kier alpha value is -2.82. The van der Waals surface area contributed by atoms with Gasteiger partial charge in [-0.05, 0) is 37.1 Å². The van der Waals surface area contributed by atoms with Gasteiger partial charge in [0.2, 0.25) is 0 Å². The summed E-state index contributed by atoms with van der Waals surface area (Å²) >= 11 is 0. The van der Waals surface area contributed by atoms with Crippen LogP contribution in [0, 0.1) is 0 Å². The van der Waals surface area contributed by atoms with Crippen molar-refractivity contribution in [3.8, 4) is 0 Å². The molecule has 27 heavy (non-hydrogen) atoms. The topological polar surface area (TPSA) is 58.6 Å². The number of hydrogen-bond acceptors (Lipinski definition) is 4. The first-order chi connectivity index (χ1) is 13.1. The quantitative estimate of drug-likeness (QED) is 0.771. The van der Waals surface area contributed by atoms with E-state index in [1.54, 1.807) is 24.1 Å². The van der Waals surface area contributed by atoms with Crippen LogP contribution in [-0.2, 0) is 9.53 Å². The lowest BCUT2D eigenvalue weighted by Crippen LogP contribution is -2.40. The van der Waals surface area contributed by atoms with E-state index in [1.807, 2.05) is 42.5 Å². The maximum absolute atomic E-state index is 12.5. The fraction of sp³-hybridized carbons (Fsp3) is 0.364. The van der Waals surface area contributed by atoms with E-state index in [0.717, 1.165) is 31.4 Å². The van der Waals surface area contributed by atoms with Crippen molar-refractivity contribution in [1.82, 2.24) is 4.90 Å². The molecule has 3 rings (SSSR count). The van der Waals surface area contributed by atoms with Gasteiger partial charge in [-0.3, -0.25) is 4.79 Å². The molecule has 0 atom stereocenters. The SMILES string of the molecule is CN(C(=O)COC(=O)c1ccccc1Nc1ccccc1)C1CCCCC1. The molecule has 0 radical (unpaired) electrons. The van der Waals surface area contributed by atoms with Crippen LogP contribution in [0.3, 0.4) is 0 Å². The average molecular weight is 366 g/mol. The first-order valence-electron chi connectivity index (χ1n) is 9.49. The van der Waals surface area contributed by atoms with Crippen LogP contribution in [0.4, 0.5) is 11.4 Å². The Morgan fingerprint density at radius 1 is 1.00 bits per heavy atom. The van der Waals surface area contributed by atoms with E-state index in [9.17, 15) is 9.59 Å². The minimum atomic E-state index is -0.501. The van der Waals surface area contributed by atoms with Crippen LogP contribution >= 0.6 is 0 Å². The van der Waals surface area contributed by atoms with E-state index in [0.29, 0.717) is 11.3 Å². The van der Waals surface area contributed by atoms with Gasteiger partial charge >= 0.3 is 5.97 Å². The molecule has 1 aliphatic rings. The third kappa shape index (κ3) is 5.09. The first kappa shape index (κ1) is 19.0. The number of carbonyl (C=O) groups excluding carboxylic acids is 2. The summed E-state index contributed by atoms with van der Waals surface area (Å²) in [5.41, 5.74) is 1.95. The van der Waals surface area contributed by atoms with Crippen molar-refractivity contribution in [2.24, 2.45) is 0 Å². The zero-order valence-corrected chi connectivity index (χ0v) is 15.7. The van der Waals surface area contributed by atoms with E-state index in [4.69, 9.17) is 4.74 Å². The highest BCUT2D eigenvalue weighted by Gasteiger charge is 2.23. The number of ether oxygens (including phenoxy) is 1. The van der Waals surface area contributed by atoms with Gasteiger partial charge in [0.25, 0.3) is 5.91 Å². The van der Waals surface area contributed by atoms with Crippen LogP contribution in [-0.4, -0.2) is 36.5 Å². The van der Waals surface area contributed by atoms with Gasteiger partial charge in [-0.2, -0.15) is 0 Å². The molecule has 1 fully saturated rings. The molecule has 0 heterocycles. The van der Waals surface area contributed by atoms with Crippen LogP contribution in [0.1, 0.15) is 42.5 Å². The maximum atomic E-state index is 12.5. The molecule has 1 saturated carbocycles. The van der Waals surface area contributed by atoms with Crippen molar-refractivity contribution in [2.75, 3.05) is 19.0 Å². The predicted octanol–water partition coefficient (Wildman–Crippen LogP) is 4.38. The van der Waals surface area contributed by atoms with E-state index in [1.165, 1.54) is 6.42 Å². The number of benzene rings is 2. The minimum absolute atomic E-state index is 0.149. The number of anilines is 2. The molecule has 1 amide bonds. The summed E-state index contributed by atoms with van der Waals surface area (Å²) in [4.78, 5) is 26.6. The molecule has 5 heteroatoms. The zero-order valence-electron chi connectivity index (χ0n) is 15.7. The molecule has 1 aliphatic carbocycles. The first-order valence-corrected chi connectivity index (χ1v) is 9.49. The van der Waals surface area contributed by atoms with E-state index in [2.05, 4.69) is 5.32 Å². The maximum Gasteiger partial charge on any atom is 0.340 e. The Kier molecular flexibility index (Phi) is 6.47. The minimum Gasteiger partial charge on any atom is -0.452 e. The summed E-state index contributed by atoms with van der Waals surface area (Å²) in [6, 6.07) is 17.0. The Labute approximate surface area is 160 Å². The molecule has 2 aromatic rings. The smallest absolute Gasteiger partial charge is 0.340 e. The van der Waals surface area contributed by atoms with Gasteiger partial charge in [-0.1, -0.05) is 49.6 Å². The van der Waals surface area contributed by atoms with Crippen LogP contribution in [0.5, 0.6) is 0 Å². The van der Waals surface area contributed by atoms with Crippen molar-refractivity contribution in [2.45, 2.75) is 38.1 Å². The molecule has 0 unspecified atom stereocenters. The van der Waals surface area contributed by atoms with Gasteiger partial charge in [0.05, 0.1) is 11.3 Å². The molecule has 5 nitrogen and oxygen atoms in total. The number of nitrogens with zero attached hydrogens (tertiary/aromatic N) is 1. The largest absolute Gasteiger partial charge is 0.452 e. The van der Waals surface area contributed by atoms with Crippen LogP contribution < -0.4 is 5.32 Å². The lowest BCUT2D eigenvalue weighted by Gasteiger charge is -2.31. The Morgan fingerprint density at radius 2 is 1.67 bits per heavy atom. The Bertz CT molecular complexity index is 770. The second kappa shape index (κ2) is 9.21. The normalized spacial score (nSPS) is 14.4. The van der Waals surface area contributed by atoms with Gasteiger partial charge in [-0.25, -0.2) is 4.79 Å². The summed E-state index contributed by atoms with van der Waals surface area (Å²) in [6.07, 6.45) is 5.60. The van der Waals surface area contributed by atoms with E-state index in [-0.39, 0.29) is 18.6 Å². The third-order valence-electron chi connectivity index (χ3n) is 5.04. The number of rotatable bonds is 6. The number of nitrogens with one attached hydrogen (secondary N) is 1. The molecule has 0 aromatic heterocycles. The molecular formula is C22H26N2O3. The summed E-state index contributed by atoms with van der Waals surface area (Å²) in [5, 5.41) is 3.22. The van der Waals surface area contributed by atoms with Crippen molar-refractivity contribution >= 4 is 23.3 Å². The standard InChI is InChI=1S/C22H26N2O3/c1-24(18-12-6-3-7-13-18)21(25)16-27-22(26)19-14-8-9-15-20(19)23-17-10-4-2-5-11-17/h2,4-5,8-11,14-15,18,23H,3,6-7,12-13,16H2,1H3. The number of hydrogen-bond donors (Lipinski definition) is 1. The highest BCUT2D eigenvalue weighted by Crippen LogP contribution is 2.23. The number of carbonyl (C=O) groups is 2. The van der Waals surface area contributed by atoms with E-state index >= 15 is 0 Å². The summed E-state index contributed by atoms with van der Waals surface area (Å²) in [5.74, 6) is -0.650. The van der Waals surface area contributed by atoms with Crippen molar-refractivity contribution in [3.05, 3.63) is 60.2 Å². The number of para-hydroxylation sites is 2. The molecule has 142 valence electrons. The van der Waals surface area contributed by atoms with Crippen LogP contribution in [0.15, 0.2) is 54.6 Å². The molecular weight excluding hydrogens is 340 g/mol. The Morgan fingerprint density at radius 3 is 2.41 bits per heavy atom. The second-order valence-electron chi connectivity index (χ2n) is 6.91. The molecule has 1 N–H and O–H groups in total. The molecule has 0 aliphatic heterocycles. The third-order valence-corrected chi connectivity index (χ3v) is 5.04. The zero-order chi connectivity index (χ0) is 19.1. The van der Waals surface area contributed by atoms with E-state index < -0.39 is 5.97 Å². The fourth-order valence-electron chi connectivity index (χ4n) is 3.43. The average Bonchev–Trinajstić information content (AvgIpc) is 2.73. The lowest BCUT2D eigenvalue weighted by atomic mass is 9.94. The van der Waals surface area contributed by atoms with Gasteiger partial charge in [0.1, 0.15) is 0 Å². The molecule has 2 aromatic carbocycles. The van der Waals surface area contributed by atoms with Gasteiger partial charge in [0, 0.05) is 18.8 Å². The Balaban J connectivity index is 1.60. The lowest BCUT2D eigenvalue weighted by molar-refractivity contribution is -0.135. The summed E-state index contributed by atoms with van der Waals surface area (Å²) in [6.45, 7) is -0.231. The molecule has 0 saturated heterocycles. The highest BCUT2D eigenvalue weighted by molar-refractivity contribution is 5.97. The number of likely N-dealkylation sites (N-methyl/N-ethyl adjacent to an activating group) is 1. The number of amides is 1.